The number of benzene rings is 2. The molecular weight excluding hydrogens is 582 g/mol. The molecule has 0 bridgehead atoms. The lowest BCUT2D eigenvalue weighted by molar-refractivity contribution is 0.0976. The highest BCUT2D eigenvalue weighted by molar-refractivity contribution is 7.90. The minimum absolute atomic E-state index is 0.255. The summed E-state index contributed by atoms with van der Waals surface area (Å²) in [7, 11) is -0.619. The number of sulfonamides is 1. The zero-order valence-electron chi connectivity index (χ0n) is 23.7. The molecule has 0 aliphatic rings. The first kappa shape index (κ1) is 31.3. The van der Waals surface area contributed by atoms with E-state index < -0.39 is 45.0 Å². The van der Waals surface area contributed by atoms with Crippen LogP contribution in [0, 0.1) is 11.6 Å². The number of nitrogens with zero attached hydrogens (tertiary/aromatic N) is 3. The van der Waals surface area contributed by atoms with E-state index in [1.165, 1.54) is 30.5 Å². The van der Waals surface area contributed by atoms with E-state index >= 15 is 8.78 Å². The molecule has 2 aromatic carbocycles. The van der Waals surface area contributed by atoms with Gasteiger partial charge in [0.1, 0.15) is 24.2 Å². The Morgan fingerprint density at radius 1 is 0.953 bits per heavy atom. The lowest BCUT2D eigenvalue weighted by atomic mass is 10.1. The summed E-state index contributed by atoms with van der Waals surface area (Å²) in [5, 5.41) is 0. The molecule has 0 spiro atoms. The minimum Gasteiger partial charge on any atom is -0.492 e. The molecule has 0 radical (unpaired) electrons. The molecule has 0 fully saturated rings. The highest BCUT2D eigenvalue weighted by Gasteiger charge is 2.26. The Morgan fingerprint density at radius 3 is 2.40 bits per heavy atom. The largest absolute Gasteiger partial charge is 0.492 e. The van der Waals surface area contributed by atoms with Crippen LogP contribution in [0.3, 0.4) is 0 Å². The fourth-order valence-electron chi connectivity index (χ4n) is 3.80. The fourth-order valence-corrected chi connectivity index (χ4v) is 4.76. The Hall–Kier alpha value is -4.62. The number of nitrogens with one attached hydrogen (secondary N) is 1. The summed E-state index contributed by atoms with van der Waals surface area (Å²) in [6.07, 6.45) is 2.60. The van der Waals surface area contributed by atoms with Gasteiger partial charge in [-0.25, -0.2) is 22.5 Å². The number of hydrogen-bond donors (Lipinski definition) is 1. The van der Waals surface area contributed by atoms with Crippen LogP contribution >= 0.6 is 0 Å². The van der Waals surface area contributed by atoms with Gasteiger partial charge in [-0.1, -0.05) is 13.0 Å². The number of halogens is 2. The molecule has 0 saturated carbocycles. The van der Waals surface area contributed by atoms with Crippen LogP contribution in [0.1, 0.15) is 35.5 Å². The Bertz CT molecular complexity index is 1660. The van der Waals surface area contributed by atoms with Gasteiger partial charge in [0.2, 0.25) is 11.7 Å². The van der Waals surface area contributed by atoms with Crippen molar-refractivity contribution >= 4 is 15.9 Å². The highest BCUT2D eigenvalue weighted by atomic mass is 32.2. The molecule has 0 aliphatic heterocycles. The summed E-state index contributed by atoms with van der Waals surface area (Å²) >= 11 is 0. The Kier molecular flexibility index (Phi) is 10.2. The van der Waals surface area contributed by atoms with Gasteiger partial charge in [-0.05, 0) is 69.0 Å². The van der Waals surface area contributed by atoms with Crippen LogP contribution in [-0.4, -0.2) is 56.4 Å². The molecule has 0 saturated heterocycles. The number of ether oxygens (including phenoxy) is 3. The lowest BCUT2D eigenvalue weighted by Crippen LogP contribution is -2.31. The van der Waals surface area contributed by atoms with Crippen molar-refractivity contribution in [3.8, 4) is 23.1 Å². The second kappa shape index (κ2) is 14.0. The molecule has 4 rings (SSSR count). The van der Waals surface area contributed by atoms with E-state index in [2.05, 4.69) is 9.97 Å². The maximum Gasteiger partial charge on any atom is 0.268 e. The van der Waals surface area contributed by atoms with Crippen molar-refractivity contribution in [1.29, 1.82) is 0 Å². The molecule has 0 aliphatic carbocycles. The van der Waals surface area contributed by atoms with Crippen LogP contribution in [0.15, 0.2) is 84.0 Å². The maximum atomic E-state index is 15.1. The van der Waals surface area contributed by atoms with Crippen molar-refractivity contribution in [3.63, 3.8) is 0 Å². The van der Waals surface area contributed by atoms with Crippen molar-refractivity contribution < 1.29 is 36.2 Å². The molecule has 1 unspecified atom stereocenters. The topological polar surface area (TPSA) is 120 Å². The molecule has 1 atom stereocenters. The lowest BCUT2D eigenvalue weighted by Gasteiger charge is -2.19. The van der Waals surface area contributed by atoms with Gasteiger partial charge in [-0.15, -0.1) is 0 Å². The average Bonchev–Trinajstić information content (AvgIpc) is 2.98. The van der Waals surface area contributed by atoms with Crippen molar-refractivity contribution in [1.82, 2.24) is 19.6 Å². The van der Waals surface area contributed by atoms with Crippen LogP contribution in [0.25, 0.3) is 0 Å². The molecule has 226 valence electrons. The van der Waals surface area contributed by atoms with Gasteiger partial charge in [0.15, 0.2) is 11.6 Å². The number of aromatic nitrogens is 2. The summed E-state index contributed by atoms with van der Waals surface area (Å²) in [4.78, 5) is 22.7. The molecule has 2 aromatic heterocycles. The standard InChI is InChI=1S/C30H30F2N4O6S/c1-4-25(24-19-21(14-16-33-24)41-27-7-5-6-15-34-27)42-26-13-12-23(28(31)29(26)32)30(37)35-43(38,39)22-10-8-20(9-11-22)40-18-17-36(2)3/h5-16,19,25H,4,17-18H2,1-3H3,(H,35,37). The van der Waals surface area contributed by atoms with E-state index in [9.17, 15) is 13.2 Å². The minimum atomic E-state index is -4.39. The summed E-state index contributed by atoms with van der Waals surface area (Å²) in [6, 6.07) is 15.7. The van der Waals surface area contributed by atoms with Gasteiger partial charge in [0.25, 0.3) is 15.9 Å². The van der Waals surface area contributed by atoms with Crippen LogP contribution in [-0.2, 0) is 10.0 Å². The molecule has 10 nitrogen and oxygen atoms in total. The number of hydrogen-bond acceptors (Lipinski definition) is 9. The number of carbonyl (C=O) groups excluding carboxylic acids is 1. The molecule has 1 N–H and O–H groups in total. The Morgan fingerprint density at radius 2 is 1.72 bits per heavy atom. The van der Waals surface area contributed by atoms with E-state index in [1.807, 2.05) is 19.0 Å². The van der Waals surface area contributed by atoms with Gasteiger partial charge < -0.3 is 19.1 Å². The molecule has 4 aromatic rings. The van der Waals surface area contributed by atoms with Crippen LogP contribution < -0.4 is 18.9 Å². The third kappa shape index (κ3) is 8.23. The van der Waals surface area contributed by atoms with E-state index in [4.69, 9.17) is 14.2 Å². The first-order valence-electron chi connectivity index (χ1n) is 13.2. The summed E-state index contributed by atoms with van der Waals surface area (Å²) in [6.45, 7) is 2.82. The van der Waals surface area contributed by atoms with Gasteiger partial charge in [0.05, 0.1) is 16.2 Å². The van der Waals surface area contributed by atoms with Crippen molar-refractivity contribution in [3.05, 3.63) is 102 Å². The first-order valence-corrected chi connectivity index (χ1v) is 14.7. The van der Waals surface area contributed by atoms with Crippen LogP contribution in [0.5, 0.6) is 23.1 Å². The molecule has 13 heteroatoms. The normalized spacial score (nSPS) is 12.0. The highest BCUT2D eigenvalue weighted by Crippen LogP contribution is 2.31. The monoisotopic (exact) mass is 612 g/mol. The first-order chi connectivity index (χ1) is 20.6. The predicted octanol–water partition coefficient (Wildman–Crippen LogP) is 5.14. The quantitative estimate of drug-likeness (QED) is 0.219. The SMILES string of the molecule is CCC(Oc1ccc(C(=O)NS(=O)(=O)c2ccc(OCCN(C)C)cc2)c(F)c1F)c1cc(Oc2ccccn2)ccn1. The van der Waals surface area contributed by atoms with Gasteiger partial charge in [-0.2, -0.15) is 4.39 Å². The fraction of sp³-hybridized carbons (Fsp3) is 0.233. The number of rotatable bonds is 13. The maximum absolute atomic E-state index is 15.1. The number of carbonyl (C=O) groups is 1. The van der Waals surface area contributed by atoms with Crippen LogP contribution in [0.4, 0.5) is 8.78 Å². The number of amides is 1. The van der Waals surface area contributed by atoms with Gasteiger partial charge >= 0.3 is 0 Å². The van der Waals surface area contributed by atoms with E-state index in [-0.39, 0.29) is 4.90 Å². The van der Waals surface area contributed by atoms with Crippen molar-refractivity contribution in [2.75, 3.05) is 27.2 Å². The van der Waals surface area contributed by atoms with Gasteiger partial charge in [0, 0.05) is 31.1 Å². The predicted molar refractivity (Wildman–Crippen MR) is 154 cm³/mol. The van der Waals surface area contributed by atoms with E-state index in [1.54, 1.807) is 48.2 Å². The smallest absolute Gasteiger partial charge is 0.268 e. The average molecular weight is 613 g/mol. The third-order valence-corrected chi connectivity index (χ3v) is 7.39. The zero-order chi connectivity index (χ0) is 31.0. The van der Waals surface area contributed by atoms with E-state index in [0.717, 1.165) is 12.1 Å². The van der Waals surface area contributed by atoms with Gasteiger partial charge in [-0.3, -0.25) is 9.78 Å². The summed E-state index contributed by atoms with van der Waals surface area (Å²) in [5.74, 6) is -3.64. The molecule has 2 heterocycles. The summed E-state index contributed by atoms with van der Waals surface area (Å²) < 4.78 is 74.2. The number of likely N-dealkylation sites (N-methyl/N-ethyl adjacent to an activating group) is 1. The molecular formula is C30H30F2N4O6S. The Balaban J connectivity index is 1.45. The summed E-state index contributed by atoms with van der Waals surface area (Å²) in [5.41, 5.74) is -0.424. The van der Waals surface area contributed by atoms with E-state index in [0.29, 0.717) is 42.6 Å². The second-order valence-corrected chi connectivity index (χ2v) is 11.2. The zero-order valence-corrected chi connectivity index (χ0v) is 24.5. The second-order valence-electron chi connectivity index (χ2n) is 9.50. The third-order valence-electron chi connectivity index (χ3n) is 6.04. The molecule has 1 amide bonds. The van der Waals surface area contributed by atoms with Crippen LogP contribution in [0.2, 0.25) is 0 Å². The Labute approximate surface area is 248 Å². The van der Waals surface area contributed by atoms with Crippen molar-refractivity contribution in [2.24, 2.45) is 0 Å². The molecule has 43 heavy (non-hydrogen) atoms. The van der Waals surface area contributed by atoms with Crippen molar-refractivity contribution in [2.45, 2.75) is 24.3 Å². The number of pyridine rings is 2.